The first-order chi connectivity index (χ1) is 17.4. The second-order valence-corrected chi connectivity index (χ2v) is 8.13. The lowest BCUT2D eigenvalue weighted by molar-refractivity contribution is 0.0127. The second-order valence-electron chi connectivity index (χ2n) is 8.13. The van der Waals surface area contributed by atoms with Gasteiger partial charge in [0.05, 0.1) is 18.7 Å². The molecule has 2 aromatic carbocycles. The van der Waals surface area contributed by atoms with Gasteiger partial charge in [0.15, 0.2) is 17.3 Å². The number of phenolic OH excluding ortho intramolecular Hbond substituents is 1. The van der Waals surface area contributed by atoms with Crippen molar-refractivity contribution in [2.45, 2.75) is 18.6 Å². The third kappa shape index (κ3) is 5.33. The predicted octanol–water partition coefficient (Wildman–Crippen LogP) is 2.48. The van der Waals surface area contributed by atoms with E-state index in [-0.39, 0.29) is 22.8 Å². The van der Waals surface area contributed by atoms with E-state index in [0.717, 1.165) is 0 Å². The molecule has 1 aromatic heterocycles. The molecule has 3 aromatic rings. The van der Waals surface area contributed by atoms with Crippen LogP contribution in [-0.4, -0.2) is 60.1 Å². The normalized spacial score (nSPS) is 17.2. The summed E-state index contributed by atoms with van der Waals surface area (Å²) in [4.78, 5) is 42.0. The first-order valence-electron chi connectivity index (χ1n) is 11.2. The van der Waals surface area contributed by atoms with Gasteiger partial charge in [-0.2, -0.15) is 0 Å². The van der Waals surface area contributed by atoms with E-state index in [1.807, 2.05) is 0 Å². The van der Waals surface area contributed by atoms with Crippen LogP contribution in [0.15, 0.2) is 60.9 Å². The van der Waals surface area contributed by atoms with E-state index in [9.17, 15) is 23.9 Å². The molecule has 1 saturated heterocycles. The summed E-state index contributed by atoms with van der Waals surface area (Å²) in [5, 5.41) is 16.1. The summed E-state index contributed by atoms with van der Waals surface area (Å²) in [7, 11) is 1.25. The standard InChI is InChI=1S/C26H24FN3O6/c1-35-21-7-6-19(31)22(23(21)27)24(32)15-2-4-17(5-3-15)26(34)36-20-10-13-29-14-18(20)30-25(33)16-8-11-28-12-9-16/h2-9,11-12,18,20,29,31H,10,13-14H2,1H3,(H,30,33). The van der Waals surface area contributed by atoms with Crippen molar-refractivity contribution in [1.82, 2.24) is 15.6 Å². The van der Waals surface area contributed by atoms with Crippen molar-refractivity contribution in [3.63, 3.8) is 0 Å². The van der Waals surface area contributed by atoms with E-state index in [4.69, 9.17) is 9.47 Å². The first-order valence-corrected chi connectivity index (χ1v) is 11.2. The fourth-order valence-corrected chi connectivity index (χ4v) is 3.90. The molecular weight excluding hydrogens is 469 g/mol. The number of nitrogens with one attached hydrogen (secondary N) is 2. The minimum atomic E-state index is -0.975. The number of hydrogen-bond acceptors (Lipinski definition) is 8. The summed E-state index contributed by atoms with van der Waals surface area (Å²) in [6.45, 7) is 1.04. The van der Waals surface area contributed by atoms with Gasteiger partial charge in [0.25, 0.3) is 5.91 Å². The van der Waals surface area contributed by atoms with Crippen molar-refractivity contribution in [2.24, 2.45) is 0 Å². The van der Waals surface area contributed by atoms with Crippen molar-refractivity contribution in [1.29, 1.82) is 0 Å². The maximum atomic E-state index is 14.6. The SMILES string of the molecule is COc1ccc(O)c(C(=O)c2ccc(C(=O)OC3CCNCC3NC(=O)c3ccncc3)cc2)c1F. The first kappa shape index (κ1) is 24.8. The van der Waals surface area contributed by atoms with Gasteiger partial charge in [-0.1, -0.05) is 12.1 Å². The van der Waals surface area contributed by atoms with Crippen molar-refractivity contribution >= 4 is 17.7 Å². The number of aromatic hydroxyl groups is 1. The summed E-state index contributed by atoms with van der Waals surface area (Å²) in [6, 6.07) is 10.6. The number of rotatable bonds is 7. The summed E-state index contributed by atoms with van der Waals surface area (Å²) in [6.07, 6.45) is 2.97. The van der Waals surface area contributed by atoms with Crippen LogP contribution in [0.5, 0.6) is 11.5 Å². The van der Waals surface area contributed by atoms with Gasteiger partial charge in [0, 0.05) is 30.1 Å². The zero-order valence-electron chi connectivity index (χ0n) is 19.4. The Labute approximate surface area is 206 Å². The summed E-state index contributed by atoms with van der Waals surface area (Å²) < 4.78 is 25.1. The number of hydrogen-bond donors (Lipinski definition) is 3. The number of halogens is 1. The van der Waals surface area contributed by atoms with Crippen LogP contribution in [0.4, 0.5) is 4.39 Å². The third-order valence-electron chi connectivity index (χ3n) is 5.85. The number of methoxy groups -OCH3 is 1. The quantitative estimate of drug-likeness (QED) is 0.339. The number of pyridine rings is 1. The lowest BCUT2D eigenvalue weighted by atomic mass is 10.00. The van der Waals surface area contributed by atoms with Gasteiger partial charge in [0.1, 0.15) is 17.4 Å². The Bertz CT molecular complexity index is 1270. The zero-order valence-corrected chi connectivity index (χ0v) is 19.4. The maximum absolute atomic E-state index is 14.6. The molecule has 0 aliphatic carbocycles. The van der Waals surface area contributed by atoms with Gasteiger partial charge >= 0.3 is 5.97 Å². The van der Waals surface area contributed by atoms with Crippen LogP contribution in [0.3, 0.4) is 0 Å². The molecule has 2 atom stereocenters. The Morgan fingerprint density at radius 2 is 1.72 bits per heavy atom. The van der Waals surface area contributed by atoms with E-state index in [2.05, 4.69) is 15.6 Å². The fourth-order valence-electron chi connectivity index (χ4n) is 3.90. The van der Waals surface area contributed by atoms with Crippen molar-refractivity contribution in [3.8, 4) is 11.5 Å². The molecule has 1 amide bonds. The van der Waals surface area contributed by atoms with Gasteiger partial charge in [0.2, 0.25) is 0 Å². The van der Waals surface area contributed by atoms with E-state index < -0.39 is 41.0 Å². The molecule has 36 heavy (non-hydrogen) atoms. The molecule has 1 aliphatic heterocycles. The van der Waals surface area contributed by atoms with Gasteiger partial charge < -0.3 is 25.2 Å². The highest BCUT2D eigenvalue weighted by molar-refractivity contribution is 6.11. The monoisotopic (exact) mass is 493 g/mol. The number of piperidine rings is 1. The second kappa shape index (κ2) is 11.0. The smallest absolute Gasteiger partial charge is 0.338 e. The highest BCUT2D eigenvalue weighted by atomic mass is 19.1. The van der Waals surface area contributed by atoms with E-state index in [1.54, 1.807) is 12.1 Å². The Balaban J connectivity index is 1.45. The Morgan fingerprint density at radius 1 is 1.03 bits per heavy atom. The van der Waals surface area contributed by atoms with Crippen LogP contribution < -0.4 is 15.4 Å². The van der Waals surface area contributed by atoms with E-state index >= 15 is 0 Å². The summed E-state index contributed by atoms with van der Waals surface area (Å²) >= 11 is 0. The largest absolute Gasteiger partial charge is 0.507 e. The molecular formula is C26H24FN3O6. The van der Waals surface area contributed by atoms with Crippen molar-refractivity contribution in [2.75, 3.05) is 20.2 Å². The van der Waals surface area contributed by atoms with Gasteiger partial charge in [-0.3, -0.25) is 14.6 Å². The molecule has 10 heteroatoms. The number of aromatic nitrogens is 1. The topological polar surface area (TPSA) is 127 Å². The number of ketones is 1. The molecule has 0 spiro atoms. The van der Waals surface area contributed by atoms with Crippen molar-refractivity contribution < 1.29 is 33.4 Å². The highest BCUT2D eigenvalue weighted by Crippen LogP contribution is 2.30. The molecule has 3 N–H and O–H groups in total. The zero-order chi connectivity index (χ0) is 25.7. The number of benzene rings is 2. The summed E-state index contributed by atoms with van der Waals surface area (Å²) in [5.41, 5.74) is 0.171. The molecule has 1 fully saturated rings. The molecule has 186 valence electrons. The maximum Gasteiger partial charge on any atom is 0.338 e. The molecule has 1 aliphatic rings. The van der Waals surface area contributed by atoms with Gasteiger partial charge in [-0.15, -0.1) is 0 Å². The Morgan fingerprint density at radius 3 is 2.42 bits per heavy atom. The number of carbonyl (C=O) groups excluding carboxylic acids is 3. The molecule has 2 heterocycles. The van der Waals surface area contributed by atoms with Gasteiger partial charge in [-0.05, 0) is 49.4 Å². The molecule has 0 bridgehead atoms. The van der Waals surface area contributed by atoms with Gasteiger partial charge in [-0.25, -0.2) is 9.18 Å². The minimum absolute atomic E-state index is 0.0679. The number of phenols is 1. The van der Waals surface area contributed by atoms with Crippen LogP contribution in [0, 0.1) is 5.82 Å². The lowest BCUT2D eigenvalue weighted by Crippen LogP contribution is -2.55. The number of ether oxygens (including phenoxy) is 2. The molecule has 2 unspecified atom stereocenters. The highest BCUT2D eigenvalue weighted by Gasteiger charge is 2.30. The molecule has 9 nitrogen and oxygen atoms in total. The van der Waals surface area contributed by atoms with Crippen molar-refractivity contribution in [3.05, 3.63) is 89.0 Å². The lowest BCUT2D eigenvalue weighted by Gasteiger charge is -2.32. The molecule has 0 saturated carbocycles. The van der Waals surface area contributed by atoms with Crippen LogP contribution in [0.2, 0.25) is 0 Å². The Hall–Kier alpha value is -4.31. The average Bonchev–Trinajstić information content (AvgIpc) is 2.90. The Kier molecular flexibility index (Phi) is 7.55. The molecule has 4 rings (SSSR count). The fraction of sp³-hybridized carbons (Fsp3) is 0.231. The average molecular weight is 493 g/mol. The van der Waals surface area contributed by atoms with E-state index in [0.29, 0.717) is 25.1 Å². The number of carbonyl (C=O) groups is 3. The number of nitrogens with zero attached hydrogens (tertiary/aromatic N) is 1. The van der Waals surface area contributed by atoms with Crippen LogP contribution in [-0.2, 0) is 4.74 Å². The van der Waals surface area contributed by atoms with Crippen LogP contribution in [0.25, 0.3) is 0 Å². The predicted molar refractivity (Wildman–Crippen MR) is 127 cm³/mol. The number of amides is 1. The van der Waals surface area contributed by atoms with E-state index in [1.165, 1.54) is 55.9 Å². The molecule has 0 radical (unpaired) electrons. The number of esters is 1. The minimum Gasteiger partial charge on any atom is -0.507 e. The van der Waals surface area contributed by atoms with Crippen LogP contribution >= 0.6 is 0 Å². The third-order valence-corrected chi connectivity index (χ3v) is 5.85. The van der Waals surface area contributed by atoms with Crippen LogP contribution in [0.1, 0.15) is 43.1 Å². The summed E-state index contributed by atoms with van der Waals surface area (Å²) in [5.74, 6) is -3.36.